The molecule has 0 aliphatic heterocycles. The van der Waals surface area contributed by atoms with Crippen LogP contribution in [0.25, 0.3) is 22.3 Å². The summed E-state index contributed by atoms with van der Waals surface area (Å²) >= 11 is 0. The summed E-state index contributed by atoms with van der Waals surface area (Å²) in [5, 5.41) is 0. The number of pyridine rings is 2. The maximum atomic E-state index is 4.31. The maximum Gasteiger partial charge on any atom is 0.0346 e. The van der Waals surface area contributed by atoms with Crippen molar-refractivity contribution < 1.29 is 0 Å². The van der Waals surface area contributed by atoms with E-state index < -0.39 is 0 Å². The predicted octanol–water partition coefficient (Wildman–Crippen LogP) is 6.06. The Kier molecular flexibility index (Phi) is 4.75. The van der Waals surface area contributed by atoms with Gasteiger partial charge in [-0.15, -0.1) is 0 Å². The van der Waals surface area contributed by atoms with Crippen molar-refractivity contribution in [3.8, 4) is 22.3 Å². The zero-order valence-electron chi connectivity index (χ0n) is 14.8. The molecule has 24 heavy (non-hydrogen) atoms. The van der Waals surface area contributed by atoms with E-state index in [1.165, 1.54) is 33.4 Å². The second kappa shape index (κ2) is 6.96. The van der Waals surface area contributed by atoms with Crippen LogP contribution in [0.4, 0.5) is 0 Å². The Morgan fingerprint density at radius 1 is 0.667 bits per heavy atom. The van der Waals surface area contributed by atoms with Crippen LogP contribution in [-0.4, -0.2) is 9.97 Å². The van der Waals surface area contributed by atoms with E-state index in [4.69, 9.17) is 0 Å². The second-order valence-electron chi connectivity index (χ2n) is 6.82. The largest absolute Gasteiger partial charge is 0.264 e. The number of benzene rings is 1. The van der Waals surface area contributed by atoms with E-state index in [0.29, 0.717) is 11.8 Å². The fourth-order valence-corrected chi connectivity index (χ4v) is 3.13. The quantitative estimate of drug-likeness (QED) is 0.585. The first-order chi connectivity index (χ1) is 11.6. The van der Waals surface area contributed by atoms with Crippen LogP contribution in [0.15, 0.2) is 61.2 Å². The molecule has 0 atom stereocenters. The number of rotatable bonds is 4. The summed E-state index contributed by atoms with van der Waals surface area (Å²) in [4.78, 5) is 8.62. The lowest BCUT2D eigenvalue weighted by molar-refractivity contribution is 0.837. The van der Waals surface area contributed by atoms with Crippen LogP contribution in [0.5, 0.6) is 0 Å². The first-order valence-corrected chi connectivity index (χ1v) is 8.56. The molecule has 0 aliphatic carbocycles. The highest BCUT2D eigenvalue weighted by molar-refractivity contribution is 5.78. The first-order valence-electron chi connectivity index (χ1n) is 8.56. The summed E-state index contributed by atoms with van der Waals surface area (Å²) in [6.45, 7) is 9.01. The third-order valence-electron chi connectivity index (χ3n) is 4.41. The molecule has 1 aromatic carbocycles. The Hall–Kier alpha value is -2.48. The van der Waals surface area contributed by atoms with Crippen LogP contribution in [0, 0.1) is 0 Å². The van der Waals surface area contributed by atoms with E-state index >= 15 is 0 Å². The average Bonchev–Trinajstić information content (AvgIpc) is 2.62. The average molecular weight is 316 g/mol. The van der Waals surface area contributed by atoms with Gasteiger partial charge in [-0.25, -0.2) is 0 Å². The van der Waals surface area contributed by atoms with E-state index in [0.717, 1.165) is 0 Å². The summed E-state index contributed by atoms with van der Waals surface area (Å²) in [7, 11) is 0. The van der Waals surface area contributed by atoms with Gasteiger partial charge >= 0.3 is 0 Å². The number of hydrogen-bond donors (Lipinski definition) is 0. The van der Waals surface area contributed by atoms with E-state index in [-0.39, 0.29) is 0 Å². The van der Waals surface area contributed by atoms with Crippen LogP contribution >= 0.6 is 0 Å². The molecule has 2 nitrogen and oxygen atoms in total. The third-order valence-corrected chi connectivity index (χ3v) is 4.41. The van der Waals surface area contributed by atoms with Gasteiger partial charge in [0, 0.05) is 35.9 Å². The minimum Gasteiger partial charge on any atom is -0.264 e. The van der Waals surface area contributed by atoms with Crippen LogP contribution < -0.4 is 0 Å². The Balaban J connectivity index is 2.29. The summed E-state index contributed by atoms with van der Waals surface area (Å²) in [6.07, 6.45) is 7.54. The first kappa shape index (κ1) is 16.4. The normalized spacial score (nSPS) is 11.2. The van der Waals surface area contributed by atoms with Gasteiger partial charge in [-0.1, -0.05) is 45.9 Å². The van der Waals surface area contributed by atoms with Crippen molar-refractivity contribution in [1.29, 1.82) is 0 Å². The van der Waals surface area contributed by atoms with Crippen LogP contribution in [0.3, 0.4) is 0 Å². The zero-order valence-corrected chi connectivity index (χ0v) is 14.8. The minimum atomic E-state index is 0.459. The van der Waals surface area contributed by atoms with Crippen LogP contribution in [0.2, 0.25) is 0 Å². The van der Waals surface area contributed by atoms with Gasteiger partial charge < -0.3 is 0 Å². The Morgan fingerprint density at radius 3 is 1.46 bits per heavy atom. The van der Waals surface area contributed by atoms with Gasteiger partial charge in [-0.3, -0.25) is 9.97 Å². The van der Waals surface area contributed by atoms with Crippen molar-refractivity contribution in [3.63, 3.8) is 0 Å². The molecule has 2 heteroatoms. The second-order valence-corrected chi connectivity index (χ2v) is 6.82. The summed E-state index contributed by atoms with van der Waals surface area (Å²) in [5.41, 5.74) is 7.62. The SMILES string of the molecule is CC(C)c1cc(C(C)C)c(-c2cccnc2)cc1-c1cccnc1. The smallest absolute Gasteiger partial charge is 0.0346 e. The van der Waals surface area contributed by atoms with Gasteiger partial charge in [-0.05, 0) is 52.3 Å². The highest BCUT2D eigenvalue weighted by atomic mass is 14.6. The molecule has 0 saturated heterocycles. The van der Waals surface area contributed by atoms with Crippen molar-refractivity contribution in [1.82, 2.24) is 9.97 Å². The molecule has 0 radical (unpaired) electrons. The van der Waals surface area contributed by atoms with Crippen molar-refractivity contribution in [2.24, 2.45) is 0 Å². The van der Waals surface area contributed by atoms with Gasteiger partial charge in [0.05, 0.1) is 0 Å². The molecule has 3 aromatic rings. The van der Waals surface area contributed by atoms with E-state index in [2.05, 4.69) is 61.9 Å². The van der Waals surface area contributed by atoms with Gasteiger partial charge in [0.2, 0.25) is 0 Å². The molecular weight excluding hydrogens is 292 g/mol. The van der Waals surface area contributed by atoms with Crippen LogP contribution in [-0.2, 0) is 0 Å². The molecule has 0 fully saturated rings. The summed E-state index contributed by atoms with van der Waals surface area (Å²) in [6, 6.07) is 13.0. The number of aromatic nitrogens is 2. The highest BCUT2D eigenvalue weighted by Gasteiger charge is 2.17. The summed E-state index contributed by atoms with van der Waals surface area (Å²) < 4.78 is 0. The molecule has 0 saturated carbocycles. The lowest BCUT2D eigenvalue weighted by Crippen LogP contribution is -2.00. The minimum absolute atomic E-state index is 0.459. The molecule has 0 bridgehead atoms. The van der Waals surface area contributed by atoms with Gasteiger partial charge in [0.15, 0.2) is 0 Å². The molecule has 0 spiro atoms. The lowest BCUT2D eigenvalue weighted by atomic mass is 9.84. The van der Waals surface area contributed by atoms with Gasteiger partial charge in [0.25, 0.3) is 0 Å². The molecule has 0 unspecified atom stereocenters. The topological polar surface area (TPSA) is 25.8 Å². The fraction of sp³-hybridized carbons (Fsp3) is 0.273. The van der Waals surface area contributed by atoms with Crippen LogP contribution in [0.1, 0.15) is 50.7 Å². The predicted molar refractivity (Wildman–Crippen MR) is 101 cm³/mol. The Labute approximate surface area is 144 Å². The molecule has 2 aromatic heterocycles. The molecule has 2 heterocycles. The molecular formula is C22H24N2. The highest BCUT2D eigenvalue weighted by Crippen LogP contribution is 2.38. The molecule has 3 rings (SSSR count). The van der Waals surface area contributed by atoms with Gasteiger partial charge in [0.1, 0.15) is 0 Å². The summed E-state index contributed by atoms with van der Waals surface area (Å²) in [5.74, 6) is 0.918. The standard InChI is InChI=1S/C22H24N2/c1-15(2)19-11-20(16(3)4)22(18-8-6-10-24-14-18)12-21(19)17-7-5-9-23-13-17/h5-16H,1-4H3. The number of hydrogen-bond acceptors (Lipinski definition) is 2. The molecule has 0 N–H and O–H groups in total. The van der Waals surface area contributed by atoms with E-state index in [1.54, 1.807) is 0 Å². The lowest BCUT2D eigenvalue weighted by Gasteiger charge is -2.21. The fourth-order valence-electron chi connectivity index (χ4n) is 3.13. The maximum absolute atomic E-state index is 4.31. The van der Waals surface area contributed by atoms with Gasteiger partial charge in [-0.2, -0.15) is 0 Å². The van der Waals surface area contributed by atoms with Crippen molar-refractivity contribution in [3.05, 3.63) is 72.3 Å². The van der Waals surface area contributed by atoms with E-state index in [1.807, 2.05) is 36.9 Å². The Morgan fingerprint density at radius 2 is 1.12 bits per heavy atom. The monoisotopic (exact) mass is 316 g/mol. The van der Waals surface area contributed by atoms with Crippen molar-refractivity contribution in [2.75, 3.05) is 0 Å². The Bertz CT molecular complexity index is 739. The van der Waals surface area contributed by atoms with Crippen molar-refractivity contribution >= 4 is 0 Å². The molecule has 0 aliphatic rings. The zero-order chi connectivity index (χ0) is 17.1. The molecule has 0 amide bonds. The van der Waals surface area contributed by atoms with Crippen molar-refractivity contribution in [2.45, 2.75) is 39.5 Å². The number of nitrogens with zero attached hydrogens (tertiary/aromatic N) is 2. The van der Waals surface area contributed by atoms with E-state index in [9.17, 15) is 0 Å². The third kappa shape index (κ3) is 3.23. The molecule has 122 valence electrons.